The van der Waals surface area contributed by atoms with Crippen LogP contribution in [-0.2, 0) is 0 Å². The minimum absolute atomic E-state index is 0.0781. The highest BCUT2D eigenvalue weighted by Crippen LogP contribution is 1.94. The maximum atomic E-state index is 5.51. The van der Waals surface area contributed by atoms with Gasteiger partial charge in [-0.25, -0.2) is 9.98 Å². The molecule has 0 spiro atoms. The van der Waals surface area contributed by atoms with Crippen LogP contribution < -0.4 is 16.4 Å². The zero-order valence-electron chi connectivity index (χ0n) is 7.46. The molecule has 0 radical (unpaired) electrons. The van der Waals surface area contributed by atoms with Crippen LogP contribution in [0.5, 0.6) is 0 Å². The lowest BCUT2D eigenvalue weighted by Gasteiger charge is -2.17. The predicted molar refractivity (Wildman–Crippen MR) is 49.9 cm³/mol. The summed E-state index contributed by atoms with van der Waals surface area (Å²) in [6.07, 6.45) is 0.983. The average molecular weight is 169 g/mol. The summed E-state index contributed by atoms with van der Waals surface area (Å²) in [6, 6.07) is 0. The third-order valence-corrected chi connectivity index (χ3v) is 1.43. The highest BCUT2D eigenvalue weighted by Gasteiger charge is 2.08. The summed E-state index contributed by atoms with van der Waals surface area (Å²) in [7, 11) is 0. The van der Waals surface area contributed by atoms with Crippen molar-refractivity contribution in [3.63, 3.8) is 0 Å². The van der Waals surface area contributed by atoms with E-state index in [1.54, 1.807) is 0 Å². The van der Waals surface area contributed by atoms with E-state index in [1.165, 1.54) is 0 Å². The molecule has 1 unspecified atom stereocenters. The number of nitrogens with one attached hydrogen (secondary N) is 2. The molecule has 4 N–H and O–H groups in total. The zero-order valence-corrected chi connectivity index (χ0v) is 7.46. The Morgan fingerprint density at radius 2 is 2.33 bits per heavy atom. The molecule has 5 nitrogen and oxygen atoms in total. The van der Waals surface area contributed by atoms with Crippen LogP contribution in [0, 0.1) is 0 Å². The predicted octanol–water partition coefficient (Wildman–Crippen LogP) is -0.394. The molecule has 1 aliphatic heterocycles. The van der Waals surface area contributed by atoms with Crippen molar-refractivity contribution in [3.8, 4) is 0 Å². The summed E-state index contributed by atoms with van der Waals surface area (Å²) in [4.78, 5) is 8.19. The van der Waals surface area contributed by atoms with Crippen molar-refractivity contribution in [2.75, 3.05) is 6.54 Å². The van der Waals surface area contributed by atoms with E-state index in [4.69, 9.17) is 5.73 Å². The van der Waals surface area contributed by atoms with Crippen LogP contribution in [0.15, 0.2) is 9.98 Å². The monoisotopic (exact) mass is 169 g/mol. The Morgan fingerprint density at radius 3 is 2.92 bits per heavy atom. The van der Waals surface area contributed by atoms with E-state index in [0.29, 0.717) is 5.96 Å². The van der Waals surface area contributed by atoms with Gasteiger partial charge in [-0.3, -0.25) is 5.32 Å². The fourth-order valence-electron chi connectivity index (χ4n) is 0.936. The molecule has 68 valence electrons. The lowest BCUT2D eigenvalue weighted by atomic mass is 10.5. The maximum Gasteiger partial charge on any atom is 0.200 e. The second-order valence-corrected chi connectivity index (χ2v) is 2.68. The van der Waals surface area contributed by atoms with Gasteiger partial charge in [0.2, 0.25) is 0 Å². The van der Waals surface area contributed by atoms with Crippen molar-refractivity contribution in [1.82, 2.24) is 10.6 Å². The first-order chi connectivity index (χ1) is 5.72. The molecule has 0 amide bonds. The van der Waals surface area contributed by atoms with E-state index in [0.717, 1.165) is 18.9 Å². The van der Waals surface area contributed by atoms with Crippen LogP contribution >= 0.6 is 0 Å². The molecular formula is C7H15N5. The summed E-state index contributed by atoms with van der Waals surface area (Å²) in [5, 5.41) is 5.96. The van der Waals surface area contributed by atoms with Crippen LogP contribution in [0.2, 0.25) is 0 Å². The van der Waals surface area contributed by atoms with E-state index in [-0.39, 0.29) is 6.17 Å². The molecule has 0 bridgehead atoms. The van der Waals surface area contributed by atoms with Crippen LogP contribution in [0.4, 0.5) is 0 Å². The Morgan fingerprint density at radius 1 is 1.58 bits per heavy atom. The van der Waals surface area contributed by atoms with Gasteiger partial charge in [0, 0.05) is 6.54 Å². The van der Waals surface area contributed by atoms with Crippen molar-refractivity contribution >= 4 is 11.9 Å². The van der Waals surface area contributed by atoms with Gasteiger partial charge in [-0.05, 0) is 13.3 Å². The third-order valence-electron chi connectivity index (χ3n) is 1.43. The molecule has 0 saturated carbocycles. The Bertz CT molecular complexity index is 208. The van der Waals surface area contributed by atoms with Gasteiger partial charge < -0.3 is 11.1 Å². The summed E-state index contributed by atoms with van der Waals surface area (Å²) < 4.78 is 0. The van der Waals surface area contributed by atoms with Crippen molar-refractivity contribution in [1.29, 1.82) is 0 Å². The average Bonchev–Trinajstić information content (AvgIpc) is 1.99. The normalized spacial score (nSPS) is 22.3. The number of hydrogen-bond donors (Lipinski definition) is 3. The molecule has 1 aliphatic rings. The zero-order chi connectivity index (χ0) is 8.97. The SMILES string of the molecule is CCCNC1=NC(C)N=C(N)N1. The summed E-state index contributed by atoms with van der Waals surface area (Å²) in [5.41, 5.74) is 5.51. The minimum Gasteiger partial charge on any atom is -0.370 e. The number of aliphatic imine (C=N–C) groups is 2. The number of hydrogen-bond acceptors (Lipinski definition) is 5. The molecule has 1 atom stereocenters. The van der Waals surface area contributed by atoms with Gasteiger partial charge in [0.25, 0.3) is 0 Å². The summed E-state index contributed by atoms with van der Waals surface area (Å²) >= 11 is 0. The van der Waals surface area contributed by atoms with Crippen molar-refractivity contribution < 1.29 is 0 Å². The highest BCUT2D eigenvalue weighted by molar-refractivity contribution is 5.99. The molecule has 1 rings (SSSR count). The van der Waals surface area contributed by atoms with Crippen LogP contribution in [-0.4, -0.2) is 24.6 Å². The van der Waals surface area contributed by atoms with Crippen molar-refractivity contribution in [2.24, 2.45) is 15.7 Å². The second-order valence-electron chi connectivity index (χ2n) is 2.68. The van der Waals surface area contributed by atoms with E-state index >= 15 is 0 Å². The van der Waals surface area contributed by atoms with Crippen LogP contribution in [0.25, 0.3) is 0 Å². The number of nitrogens with zero attached hydrogens (tertiary/aromatic N) is 2. The first-order valence-electron chi connectivity index (χ1n) is 4.14. The Labute approximate surface area is 72.2 Å². The van der Waals surface area contributed by atoms with Gasteiger partial charge in [-0.1, -0.05) is 6.92 Å². The van der Waals surface area contributed by atoms with Gasteiger partial charge in [-0.15, -0.1) is 0 Å². The van der Waals surface area contributed by atoms with Crippen molar-refractivity contribution in [3.05, 3.63) is 0 Å². The molecule has 0 aliphatic carbocycles. The van der Waals surface area contributed by atoms with Gasteiger partial charge in [0.05, 0.1) is 0 Å². The fraction of sp³-hybridized carbons (Fsp3) is 0.714. The highest BCUT2D eigenvalue weighted by atomic mass is 15.3. The smallest absolute Gasteiger partial charge is 0.200 e. The van der Waals surface area contributed by atoms with Gasteiger partial charge in [0.1, 0.15) is 6.17 Å². The lowest BCUT2D eigenvalue weighted by Crippen LogP contribution is -2.48. The molecule has 1 heterocycles. The standard InChI is InChI=1S/C7H15N5/c1-3-4-9-7-11-5(2)10-6(8)12-7/h5H,3-4H2,1-2H3,(H4,8,9,10,11,12). The number of guanidine groups is 2. The topological polar surface area (TPSA) is 74.8 Å². The third kappa shape index (κ3) is 2.41. The first kappa shape index (κ1) is 8.83. The molecule has 0 aromatic rings. The Hall–Kier alpha value is -1.26. The number of rotatable bonds is 2. The maximum absolute atomic E-state index is 5.51. The quantitative estimate of drug-likeness (QED) is 0.527. The molecule has 12 heavy (non-hydrogen) atoms. The molecule has 0 saturated heterocycles. The van der Waals surface area contributed by atoms with Gasteiger partial charge in [-0.2, -0.15) is 0 Å². The van der Waals surface area contributed by atoms with Gasteiger partial charge >= 0.3 is 0 Å². The molecular weight excluding hydrogens is 154 g/mol. The molecule has 0 aromatic carbocycles. The molecule has 5 heteroatoms. The van der Waals surface area contributed by atoms with Gasteiger partial charge in [0.15, 0.2) is 11.9 Å². The van der Waals surface area contributed by atoms with Crippen molar-refractivity contribution in [2.45, 2.75) is 26.4 Å². The fourth-order valence-corrected chi connectivity index (χ4v) is 0.936. The van der Waals surface area contributed by atoms with E-state index < -0.39 is 0 Å². The van der Waals surface area contributed by atoms with Crippen LogP contribution in [0.1, 0.15) is 20.3 Å². The summed E-state index contributed by atoms with van der Waals surface area (Å²) in [6.45, 7) is 4.88. The Balaban J connectivity index is 2.45. The van der Waals surface area contributed by atoms with E-state index in [1.807, 2.05) is 6.92 Å². The Kier molecular flexibility index (Phi) is 2.90. The summed E-state index contributed by atoms with van der Waals surface area (Å²) in [5.74, 6) is 1.15. The largest absolute Gasteiger partial charge is 0.370 e. The lowest BCUT2D eigenvalue weighted by molar-refractivity contribution is 0.733. The first-order valence-corrected chi connectivity index (χ1v) is 4.14. The van der Waals surface area contributed by atoms with Crippen LogP contribution in [0.3, 0.4) is 0 Å². The second kappa shape index (κ2) is 3.94. The van der Waals surface area contributed by atoms with E-state index in [9.17, 15) is 0 Å². The number of nitrogens with two attached hydrogens (primary N) is 1. The molecule has 0 fully saturated rings. The minimum atomic E-state index is -0.0781. The molecule has 0 aromatic heterocycles. The van der Waals surface area contributed by atoms with E-state index in [2.05, 4.69) is 27.5 Å².